The zero-order valence-corrected chi connectivity index (χ0v) is 13.8. The highest BCUT2D eigenvalue weighted by Crippen LogP contribution is 2.45. The monoisotopic (exact) mass is 335 g/mol. The Hall–Kier alpha value is -1.52. The van der Waals surface area contributed by atoms with Crippen molar-refractivity contribution in [2.24, 2.45) is 0 Å². The van der Waals surface area contributed by atoms with E-state index in [0.29, 0.717) is 16.3 Å². The van der Waals surface area contributed by atoms with Crippen LogP contribution in [0.1, 0.15) is 22.1 Å². The summed E-state index contributed by atoms with van der Waals surface area (Å²) >= 11 is 7.58. The Morgan fingerprint density at radius 2 is 1.91 bits per heavy atom. The maximum Gasteiger partial charge on any atom is 0.238 e. The van der Waals surface area contributed by atoms with Crippen LogP contribution in [0.5, 0.6) is 0 Å². The van der Waals surface area contributed by atoms with E-state index < -0.39 is 5.37 Å². The summed E-state index contributed by atoms with van der Waals surface area (Å²) < 4.78 is 14.2. The van der Waals surface area contributed by atoms with Crippen molar-refractivity contribution in [3.63, 3.8) is 0 Å². The summed E-state index contributed by atoms with van der Waals surface area (Å²) in [6.07, 6.45) is 0. The lowest BCUT2D eigenvalue weighted by Gasteiger charge is -2.26. The highest BCUT2D eigenvalue weighted by atomic mass is 35.5. The van der Waals surface area contributed by atoms with Crippen LogP contribution >= 0.6 is 23.4 Å². The van der Waals surface area contributed by atoms with E-state index in [1.807, 2.05) is 32.0 Å². The molecule has 114 valence electrons. The van der Waals surface area contributed by atoms with Crippen molar-refractivity contribution in [3.05, 3.63) is 63.9 Å². The van der Waals surface area contributed by atoms with Crippen molar-refractivity contribution in [1.29, 1.82) is 0 Å². The number of amides is 1. The van der Waals surface area contributed by atoms with E-state index in [2.05, 4.69) is 0 Å². The van der Waals surface area contributed by atoms with Crippen LogP contribution in [0.4, 0.5) is 10.1 Å². The van der Waals surface area contributed by atoms with E-state index in [0.717, 1.165) is 16.8 Å². The van der Waals surface area contributed by atoms with E-state index >= 15 is 0 Å². The van der Waals surface area contributed by atoms with Gasteiger partial charge in [-0.1, -0.05) is 23.7 Å². The second kappa shape index (κ2) is 5.94. The van der Waals surface area contributed by atoms with E-state index in [1.54, 1.807) is 17.0 Å². The molecule has 1 unspecified atom stereocenters. The molecule has 1 atom stereocenters. The van der Waals surface area contributed by atoms with Crippen LogP contribution in [-0.4, -0.2) is 11.7 Å². The predicted molar refractivity (Wildman–Crippen MR) is 90.0 cm³/mol. The Labute approximate surface area is 138 Å². The molecule has 1 aliphatic rings. The molecule has 5 heteroatoms. The normalized spacial score (nSPS) is 18.1. The van der Waals surface area contributed by atoms with Gasteiger partial charge in [0.25, 0.3) is 0 Å². The summed E-state index contributed by atoms with van der Waals surface area (Å²) in [6, 6.07) is 10.5. The van der Waals surface area contributed by atoms with Crippen molar-refractivity contribution in [2.45, 2.75) is 19.2 Å². The smallest absolute Gasteiger partial charge is 0.238 e. The van der Waals surface area contributed by atoms with Crippen LogP contribution in [0.25, 0.3) is 0 Å². The van der Waals surface area contributed by atoms with E-state index in [9.17, 15) is 9.18 Å². The van der Waals surface area contributed by atoms with Crippen LogP contribution in [-0.2, 0) is 4.79 Å². The van der Waals surface area contributed by atoms with Gasteiger partial charge < -0.3 is 0 Å². The largest absolute Gasteiger partial charge is 0.295 e. The first-order chi connectivity index (χ1) is 10.5. The molecule has 0 spiro atoms. The highest BCUT2D eigenvalue weighted by molar-refractivity contribution is 8.00. The highest BCUT2D eigenvalue weighted by Gasteiger charge is 2.36. The molecule has 3 rings (SSSR count). The Morgan fingerprint density at radius 3 is 2.55 bits per heavy atom. The van der Waals surface area contributed by atoms with Crippen molar-refractivity contribution >= 4 is 35.0 Å². The van der Waals surface area contributed by atoms with E-state index in [1.165, 1.54) is 17.8 Å². The van der Waals surface area contributed by atoms with Crippen LogP contribution in [0.2, 0.25) is 5.02 Å². The number of rotatable bonds is 2. The lowest BCUT2D eigenvalue weighted by molar-refractivity contribution is -0.115. The summed E-state index contributed by atoms with van der Waals surface area (Å²) in [5, 5.41) is -0.0797. The SMILES string of the molecule is Cc1cc(C)cc(N2C(=O)CSC2c2c(F)cccc2Cl)c1. The molecule has 2 aromatic rings. The molecule has 22 heavy (non-hydrogen) atoms. The molecule has 0 radical (unpaired) electrons. The number of benzene rings is 2. The lowest BCUT2D eigenvalue weighted by atomic mass is 10.1. The minimum atomic E-state index is -0.428. The summed E-state index contributed by atoms with van der Waals surface area (Å²) in [4.78, 5) is 14.0. The minimum Gasteiger partial charge on any atom is -0.295 e. The topological polar surface area (TPSA) is 20.3 Å². The lowest BCUT2D eigenvalue weighted by Crippen LogP contribution is -2.28. The molecule has 0 aliphatic carbocycles. The van der Waals surface area contributed by atoms with E-state index in [-0.39, 0.29) is 11.7 Å². The fraction of sp³-hybridized carbons (Fsp3) is 0.235. The second-order valence-electron chi connectivity index (χ2n) is 5.41. The number of aryl methyl sites for hydroxylation is 2. The van der Waals surface area contributed by atoms with Gasteiger partial charge in [0.15, 0.2) is 0 Å². The fourth-order valence-corrected chi connectivity index (χ4v) is 4.32. The average molecular weight is 336 g/mol. The summed E-state index contributed by atoms with van der Waals surface area (Å²) in [6.45, 7) is 3.96. The molecule has 1 amide bonds. The average Bonchev–Trinajstić information content (AvgIpc) is 2.79. The van der Waals surface area contributed by atoms with Gasteiger partial charge >= 0.3 is 0 Å². The molecule has 0 saturated carbocycles. The van der Waals surface area contributed by atoms with Crippen LogP contribution in [0.15, 0.2) is 36.4 Å². The third kappa shape index (κ3) is 2.73. The summed E-state index contributed by atoms with van der Waals surface area (Å²) in [5.74, 6) is -0.0871. The van der Waals surface area contributed by atoms with Gasteiger partial charge in [-0.3, -0.25) is 9.69 Å². The number of hydrogen-bond donors (Lipinski definition) is 0. The second-order valence-corrected chi connectivity index (χ2v) is 6.88. The number of carbonyl (C=O) groups excluding carboxylic acids is 1. The standard InChI is InChI=1S/C17H15ClFNOS/c1-10-6-11(2)8-12(7-10)20-15(21)9-22-17(20)16-13(18)4-3-5-14(16)19/h3-8,17H,9H2,1-2H3. The molecule has 2 aromatic carbocycles. The Balaban J connectivity index is 2.10. The molecular formula is C17H15ClFNOS. The number of nitrogens with zero attached hydrogens (tertiary/aromatic N) is 1. The number of thioether (sulfide) groups is 1. The van der Waals surface area contributed by atoms with Gasteiger partial charge in [-0.15, -0.1) is 11.8 Å². The van der Waals surface area contributed by atoms with Gasteiger partial charge in [-0.25, -0.2) is 4.39 Å². The van der Waals surface area contributed by atoms with Gasteiger partial charge in [-0.2, -0.15) is 0 Å². The third-order valence-corrected chi connectivity index (χ3v) is 5.10. The van der Waals surface area contributed by atoms with Gasteiger partial charge in [0.05, 0.1) is 5.75 Å². The Kier molecular flexibility index (Phi) is 4.15. The molecule has 1 aliphatic heterocycles. The van der Waals surface area contributed by atoms with Gasteiger partial charge in [0.2, 0.25) is 5.91 Å². The molecule has 0 aromatic heterocycles. The zero-order chi connectivity index (χ0) is 15.9. The maximum atomic E-state index is 14.2. The molecule has 1 fully saturated rings. The Morgan fingerprint density at radius 1 is 1.23 bits per heavy atom. The fourth-order valence-electron chi connectivity index (χ4n) is 2.75. The number of anilines is 1. The van der Waals surface area contributed by atoms with Crippen LogP contribution in [0, 0.1) is 19.7 Å². The molecule has 0 N–H and O–H groups in total. The quantitative estimate of drug-likeness (QED) is 0.780. The van der Waals surface area contributed by atoms with Crippen LogP contribution in [0.3, 0.4) is 0 Å². The van der Waals surface area contributed by atoms with Crippen molar-refractivity contribution in [2.75, 3.05) is 10.7 Å². The zero-order valence-electron chi connectivity index (χ0n) is 12.3. The maximum absolute atomic E-state index is 14.2. The van der Waals surface area contributed by atoms with Gasteiger partial charge in [-0.05, 0) is 49.2 Å². The van der Waals surface area contributed by atoms with Gasteiger partial charge in [0, 0.05) is 16.3 Å². The van der Waals surface area contributed by atoms with Crippen LogP contribution < -0.4 is 4.90 Å². The van der Waals surface area contributed by atoms with Crippen molar-refractivity contribution in [3.8, 4) is 0 Å². The predicted octanol–water partition coefficient (Wildman–Crippen LogP) is 4.87. The number of halogens is 2. The van der Waals surface area contributed by atoms with Crippen molar-refractivity contribution in [1.82, 2.24) is 0 Å². The van der Waals surface area contributed by atoms with Gasteiger partial charge in [0.1, 0.15) is 11.2 Å². The third-order valence-electron chi connectivity index (χ3n) is 3.60. The molecule has 1 saturated heterocycles. The number of hydrogen-bond acceptors (Lipinski definition) is 2. The molecule has 2 nitrogen and oxygen atoms in total. The van der Waals surface area contributed by atoms with E-state index in [4.69, 9.17) is 11.6 Å². The minimum absolute atomic E-state index is 0.0284. The first-order valence-electron chi connectivity index (χ1n) is 6.93. The molecule has 0 bridgehead atoms. The summed E-state index contributed by atoms with van der Waals surface area (Å²) in [7, 11) is 0. The number of carbonyl (C=O) groups is 1. The first-order valence-corrected chi connectivity index (χ1v) is 8.36. The first kappa shape index (κ1) is 15.4. The van der Waals surface area contributed by atoms with Crippen molar-refractivity contribution < 1.29 is 9.18 Å². The molecule has 1 heterocycles. The Bertz CT molecular complexity index is 709. The molecular weight excluding hydrogens is 321 g/mol. The summed E-state index contributed by atoms with van der Waals surface area (Å²) in [5.41, 5.74) is 3.30.